The third-order valence-corrected chi connectivity index (χ3v) is 5.41. The average molecular weight is 416 g/mol. The quantitative estimate of drug-likeness (QED) is 0.553. The van der Waals surface area contributed by atoms with Gasteiger partial charge in [-0.05, 0) is 31.5 Å². The van der Waals surface area contributed by atoms with Gasteiger partial charge >= 0.3 is 0 Å². The molecule has 0 aliphatic rings. The molecule has 0 atom stereocenters. The van der Waals surface area contributed by atoms with Crippen molar-refractivity contribution in [3.63, 3.8) is 0 Å². The van der Waals surface area contributed by atoms with E-state index in [-0.39, 0.29) is 23.5 Å². The van der Waals surface area contributed by atoms with Crippen molar-refractivity contribution >= 4 is 45.6 Å². The van der Waals surface area contributed by atoms with Crippen molar-refractivity contribution in [2.24, 2.45) is 0 Å². The maximum absolute atomic E-state index is 12.2. The zero-order valence-electron chi connectivity index (χ0n) is 15.2. The molecule has 7 nitrogen and oxygen atoms in total. The van der Waals surface area contributed by atoms with Crippen molar-refractivity contribution in [1.29, 1.82) is 0 Å². The Kier molecular flexibility index (Phi) is 5.91. The number of pyridine rings is 1. The summed E-state index contributed by atoms with van der Waals surface area (Å²) < 4.78 is 0. The average Bonchev–Trinajstić information content (AvgIpc) is 3.02. The van der Waals surface area contributed by atoms with E-state index in [1.54, 1.807) is 24.4 Å². The largest absolute Gasteiger partial charge is 0.396 e. The Bertz CT molecular complexity index is 1050. The van der Waals surface area contributed by atoms with Crippen molar-refractivity contribution in [1.82, 2.24) is 15.3 Å². The summed E-state index contributed by atoms with van der Waals surface area (Å²) in [7, 11) is 0. The van der Waals surface area contributed by atoms with Gasteiger partial charge < -0.3 is 16.4 Å². The molecule has 2 aromatic heterocycles. The van der Waals surface area contributed by atoms with Gasteiger partial charge in [-0.15, -0.1) is 0 Å². The van der Waals surface area contributed by atoms with Crippen LogP contribution in [0.2, 0.25) is 5.15 Å². The lowest BCUT2D eigenvalue weighted by Crippen LogP contribution is -2.33. The number of carbonyl (C=O) groups is 2. The summed E-state index contributed by atoms with van der Waals surface area (Å²) in [5, 5.41) is 5.97. The molecule has 4 N–H and O–H groups in total. The normalized spacial score (nSPS) is 10.5. The maximum Gasteiger partial charge on any atom is 0.251 e. The highest BCUT2D eigenvalue weighted by molar-refractivity contribution is 7.19. The highest BCUT2D eigenvalue weighted by atomic mass is 35.5. The Hall–Kier alpha value is -2.97. The molecule has 0 unspecified atom stereocenters. The fourth-order valence-electron chi connectivity index (χ4n) is 2.55. The molecule has 2 amide bonds. The number of nitrogen functional groups attached to an aromatic ring is 1. The van der Waals surface area contributed by atoms with Crippen molar-refractivity contribution in [3.05, 3.63) is 58.5 Å². The number of aromatic nitrogens is 2. The van der Waals surface area contributed by atoms with Gasteiger partial charge in [0, 0.05) is 17.3 Å². The van der Waals surface area contributed by atoms with Crippen molar-refractivity contribution in [2.75, 3.05) is 17.6 Å². The van der Waals surface area contributed by atoms with Crippen molar-refractivity contribution < 1.29 is 9.59 Å². The lowest BCUT2D eigenvalue weighted by atomic mass is 10.1. The van der Waals surface area contributed by atoms with E-state index in [2.05, 4.69) is 20.6 Å². The van der Waals surface area contributed by atoms with Crippen LogP contribution in [0.5, 0.6) is 0 Å². The van der Waals surface area contributed by atoms with Crippen LogP contribution in [0.1, 0.15) is 21.6 Å². The first-order chi connectivity index (χ1) is 13.3. The molecule has 0 spiro atoms. The Labute approximate surface area is 171 Å². The number of nitrogens with one attached hydrogen (secondary N) is 2. The molecule has 0 aliphatic heterocycles. The second-order valence-corrected chi connectivity index (χ2v) is 7.44. The number of hydrogen-bond donors (Lipinski definition) is 3. The van der Waals surface area contributed by atoms with Gasteiger partial charge in [0.05, 0.1) is 22.8 Å². The molecule has 28 heavy (non-hydrogen) atoms. The predicted molar refractivity (Wildman–Crippen MR) is 112 cm³/mol. The molecule has 1 aromatic carbocycles. The number of carbonyl (C=O) groups excluding carboxylic acids is 2. The summed E-state index contributed by atoms with van der Waals surface area (Å²) in [5.74, 6) is -0.664. The molecular weight excluding hydrogens is 398 g/mol. The Morgan fingerprint density at radius 3 is 2.71 bits per heavy atom. The van der Waals surface area contributed by atoms with Crippen LogP contribution in [-0.2, 0) is 4.79 Å². The number of anilines is 2. The van der Waals surface area contributed by atoms with Crippen LogP contribution in [0, 0.1) is 13.8 Å². The Morgan fingerprint density at radius 1 is 1.25 bits per heavy atom. The number of benzene rings is 1. The molecule has 3 aromatic rings. The van der Waals surface area contributed by atoms with Gasteiger partial charge in [-0.25, -0.2) is 9.97 Å². The molecule has 0 saturated carbocycles. The molecular formula is C19H18ClN5O2S. The summed E-state index contributed by atoms with van der Waals surface area (Å²) in [6.07, 6.45) is 1.60. The second kappa shape index (κ2) is 8.37. The van der Waals surface area contributed by atoms with Crippen LogP contribution < -0.4 is 16.4 Å². The van der Waals surface area contributed by atoms with E-state index in [0.29, 0.717) is 16.4 Å². The van der Waals surface area contributed by atoms with Gasteiger partial charge in [0.1, 0.15) is 0 Å². The van der Waals surface area contributed by atoms with Gasteiger partial charge in [-0.1, -0.05) is 41.1 Å². The Balaban J connectivity index is 1.64. The number of rotatable bonds is 5. The van der Waals surface area contributed by atoms with E-state index in [4.69, 9.17) is 17.3 Å². The lowest BCUT2D eigenvalue weighted by molar-refractivity contribution is -0.115. The number of hydrogen-bond acceptors (Lipinski definition) is 6. The monoisotopic (exact) mass is 415 g/mol. The molecule has 0 bridgehead atoms. The maximum atomic E-state index is 12.2. The number of aryl methyl sites for hydroxylation is 2. The van der Waals surface area contributed by atoms with Crippen LogP contribution in [0.15, 0.2) is 36.5 Å². The Morgan fingerprint density at radius 2 is 2.00 bits per heavy atom. The number of halogens is 1. The molecule has 2 heterocycles. The minimum absolute atomic E-state index is 0.156. The fourth-order valence-corrected chi connectivity index (χ4v) is 3.62. The molecule has 0 fully saturated rings. The first-order valence-corrected chi connectivity index (χ1v) is 9.57. The van der Waals surface area contributed by atoms with Crippen LogP contribution in [0.4, 0.5) is 10.8 Å². The van der Waals surface area contributed by atoms with Crippen molar-refractivity contribution in [3.8, 4) is 10.4 Å². The second-order valence-electron chi connectivity index (χ2n) is 6.08. The molecule has 0 radical (unpaired) electrons. The summed E-state index contributed by atoms with van der Waals surface area (Å²) in [6.45, 7) is 3.51. The van der Waals surface area contributed by atoms with E-state index in [9.17, 15) is 9.59 Å². The highest BCUT2D eigenvalue weighted by Gasteiger charge is 2.15. The highest BCUT2D eigenvalue weighted by Crippen LogP contribution is 2.34. The van der Waals surface area contributed by atoms with Gasteiger partial charge in [-0.3, -0.25) is 9.59 Å². The van der Waals surface area contributed by atoms with Gasteiger partial charge in [0.2, 0.25) is 5.91 Å². The van der Waals surface area contributed by atoms with Crippen molar-refractivity contribution in [2.45, 2.75) is 13.8 Å². The minimum Gasteiger partial charge on any atom is -0.396 e. The smallest absolute Gasteiger partial charge is 0.251 e. The number of thiazole rings is 1. The number of amides is 2. The topological polar surface area (TPSA) is 110 Å². The molecule has 144 valence electrons. The summed E-state index contributed by atoms with van der Waals surface area (Å²) in [6, 6.07) is 8.90. The minimum atomic E-state index is -0.365. The van der Waals surface area contributed by atoms with E-state index in [0.717, 1.165) is 21.7 Å². The summed E-state index contributed by atoms with van der Waals surface area (Å²) in [5.41, 5.74) is 9.05. The third kappa shape index (κ3) is 4.47. The SMILES string of the molecule is Cc1ccccc1C(=O)NCC(=O)Nc1nc(C)c(-c2cnc(Cl)c(N)c2)s1. The van der Waals surface area contributed by atoms with Crippen LogP contribution >= 0.6 is 22.9 Å². The molecule has 0 aliphatic carbocycles. The number of nitrogens with two attached hydrogens (primary N) is 1. The lowest BCUT2D eigenvalue weighted by Gasteiger charge is -2.07. The van der Waals surface area contributed by atoms with Crippen LogP contribution in [0.3, 0.4) is 0 Å². The van der Waals surface area contributed by atoms with E-state index in [1.165, 1.54) is 11.3 Å². The zero-order chi connectivity index (χ0) is 20.3. The first kappa shape index (κ1) is 19.8. The molecule has 0 saturated heterocycles. The first-order valence-electron chi connectivity index (χ1n) is 8.37. The zero-order valence-corrected chi connectivity index (χ0v) is 16.8. The predicted octanol–water partition coefficient (Wildman–Crippen LogP) is 3.43. The third-order valence-electron chi connectivity index (χ3n) is 3.97. The molecule has 3 rings (SSSR count). The van der Waals surface area contributed by atoms with E-state index in [1.807, 2.05) is 26.0 Å². The fraction of sp³-hybridized carbons (Fsp3) is 0.158. The number of nitrogens with zero attached hydrogens (tertiary/aromatic N) is 2. The van der Waals surface area contributed by atoms with Gasteiger partial charge in [0.15, 0.2) is 10.3 Å². The summed E-state index contributed by atoms with van der Waals surface area (Å²) in [4.78, 5) is 33.6. The van der Waals surface area contributed by atoms with Gasteiger partial charge in [0.25, 0.3) is 5.91 Å². The van der Waals surface area contributed by atoms with E-state index >= 15 is 0 Å². The van der Waals surface area contributed by atoms with Crippen LogP contribution in [0.25, 0.3) is 10.4 Å². The summed E-state index contributed by atoms with van der Waals surface area (Å²) >= 11 is 7.15. The molecule has 9 heteroatoms. The van der Waals surface area contributed by atoms with Crippen LogP contribution in [-0.4, -0.2) is 28.3 Å². The standard InChI is InChI=1S/C19H18ClN5O2S/c1-10-5-3-4-6-13(10)18(27)23-9-15(26)25-19-24-11(2)16(28-19)12-7-14(21)17(20)22-8-12/h3-8H,9,21H2,1-2H3,(H,23,27)(H,24,25,26). The van der Waals surface area contributed by atoms with Gasteiger partial charge in [-0.2, -0.15) is 0 Å². The van der Waals surface area contributed by atoms with E-state index < -0.39 is 0 Å².